The SMILES string of the molecule is CCNC(=NCC(c1ccccc1)N1CCCC1)NCC1CCCO1. The van der Waals surface area contributed by atoms with E-state index in [1.807, 2.05) is 0 Å². The summed E-state index contributed by atoms with van der Waals surface area (Å²) in [4.78, 5) is 7.46. The number of nitrogens with zero attached hydrogens (tertiary/aromatic N) is 2. The molecule has 3 rings (SSSR count). The van der Waals surface area contributed by atoms with Crippen LogP contribution in [-0.4, -0.2) is 56.3 Å². The second-order valence-corrected chi connectivity index (χ2v) is 6.91. The maximum absolute atomic E-state index is 5.70. The molecule has 0 bridgehead atoms. The van der Waals surface area contributed by atoms with Crippen LogP contribution in [0, 0.1) is 0 Å². The smallest absolute Gasteiger partial charge is 0.191 e. The van der Waals surface area contributed by atoms with Gasteiger partial charge in [0.15, 0.2) is 5.96 Å². The van der Waals surface area contributed by atoms with Crippen LogP contribution in [0.2, 0.25) is 0 Å². The summed E-state index contributed by atoms with van der Waals surface area (Å²) >= 11 is 0. The van der Waals surface area contributed by atoms with Gasteiger partial charge in [-0.2, -0.15) is 0 Å². The Morgan fingerprint density at radius 3 is 2.68 bits per heavy atom. The minimum atomic E-state index is 0.326. The van der Waals surface area contributed by atoms with Crippen molar-refractivity contribution < 1.29 is 4.74 Å². The van der Waals surface area contributed by atoms with Crippen molar-refractivity contribution >= 4 is 5.96 Å². The average Bonchev–Trinajstić information content (AvgIpc) is 3.35. The molecule has 1 aromatic rings. The van der Waals surface area contributed by atoms with Crippen LogP contribution in [0.25, 0.3) is 0 Å². The van der Waals surface area contributed by atoms with Crippen LogP contribution < -0.4 is 10.6 Å². The molecule has 138 valence electrons. The minimum Gasteiger partial charge on any atom is -0.376 e. The number of ether oxygens (including phenoxy) is 1. The Labute approximate surface area is 151 Å². The van der Waals surface area contributed by atoms with E-state index in [2.05, 4.69) is 52.8 Å². The summed E-state index contributed by atoms with van der Waals surface area (Å²) in [6.45, 7) is 7.85. The maximum Gasteiger partial charge on any atom is 0.191 e. The van der Waals surface area contributed by atoms with Gasteiger partial charge >= 0.3 is 0 Å². The van der Waals surface area contributed by atoms with Crippen molar-refractivity contribution in [2.45, 2.75) is 44.8 Å². The Bertz CT molecular complexity index is 522. The topological polar surface area (TPSA) is 48.9 Å². The van der Waals surface area contributed by atoms with E-state index in [9.17, 15) is 0 Å². The van der Waals surface area contributed by atoms with Crippen molar-refractivity contribution in [1.29, 1.82) is 0 Å². The molecule has 1 aromatic carbocycles. The van der Waals surface area contributed by atoms with Gasteiger partial charge in [0.05, 0.1) is 18.7 Å². The fourth-order valence-electron chi connectivity index (χ4n) is 3.70. The van der Waals surface area contributed by atoms with Gasteiger partial charge < -0.3 is 15.4 Å². The van der Waals surface area contributed by atoms with E-state index in [-0.39, 0.29) is 0 Å². The van der Waals surface area contributed by atoms with Crippen LogP contribution in [0.5, 0.6) is 0 Å². The van der Waals surface area contributed by atoms with Gasteiger partial charge in [0, 0.05) is 19.7 Å². The van der Waals surface area contributed by atoms with E-state index < -0.39 is 0 Å². The lowest BCUT2D eigenvalue weighted by molar-refractivity contribution is 0.113. The van der Waals surface area contributed by atoms with Crippen LogP contribution >= 0.6 is 0 Å². The zero-order valence-electron chi connectivity index (χ0n) is 15.4. The molecule has 2 aliphatic rings. The first kappa shape index (κ1) is 18.2. The molecule has 2 saturated heterocycles. The molecule has 0 saturated carbocycles. The van der Waals surface area contributed by atoms with Crippen LogP contribution in [0.4, 0.5) is 0 Å². The van der Waals surface area contributed by atoms with Crippen LogP contribution in [-0.2, 0) is 4.74 Å². The number of benzene rings is 1. The normalized spacial score (nSPS) is 22.9. The lowest BCUT2D eigenvalue weighted by Gasteiger charge is -2.27. The van der Waals surface area contributed by atoms with Gasteiger partial charge in [-0.3, -0.25) is 9.89 Å². The zero-order chi connectivity index (χ0) is 17.3. The van der Waals surface area contributed by atoms with Gasteiger partial charge in [-0.05, 0) is 51.3 Å². The fraction of sp³-hybridized carbons (Fsp3) is 0.650. The second kappa shape index (κ2) is 9.78. The van der Waals surface area contributed by atoms with Crippen molar-refractivity contribution in [2.75, 3.05) is 39.3 Å². The fourth-order valence-corrected chi connectivity index (χ4v) is 3.70. The number of hydrogen-bond donors (Lipinski definition) is 2. The summed E-state index contributed by atoms with van der Waals surface area (Å²) in [7, 11) is 0. The van der Waals surface area contributed by atoms with Gasteiger partial charge in [0.25, 0.3) is 0 Å². The summed E-state index contributed by atoms with van der Waals surface area (Å²) in [5, 5.41) is 6.82. The Hall–Kier alpha value is -1.59. The molecular formula is C20H32N4O. The molecule has 2 aliphatic heterocycles. The zero-order valence-corrected chi connectivity index (χ0v) is 15.4. The van der Waals surface area contributed by atoms with Crippen molar-refractivity contribution in [3.63, 3.8) is 0 Å². The minimum absolute atomic E-state index is 0.326. The Balaban J connectivity index is 1.63. The highest BCUT2D eigenvalue weighted by Crippen LogP contribution is 2.25. The number of nitrogens with one attached hydrogen (secondary N) is 2. The first-order chi connectivity index (χ1) is 12.4. The molecule has 2 fully saturated rings. The third-order valence-electron chi connectivity index (χ3n) is 5.05. The number of aliphatic imine (C=N–C) groups is 1. The van der Waals surface area contributed by atoms with Crippen molar-refractivity contribution in [3.05, 3.63) is 35.9 Å². The maximum atomic E-state index is 5.70. The first-order valence-electron chi connectivity index (χ1n) is 9.79. The van der Waals surface area contributed by atoms with Gasteiger partial charge in [-0.1, -0.05) is 30.3 Å². The van der Waals surface area contributed by atoms with Crippen molar-refractivity contribution in [1.82, 2.24) is 15.5 Å². The van der Waals surface area contributed by atoms with Gasteiger partial charge in [0.2, 0.25) is 0 Å². The van der Waals surface area contributed by atoms with Gasteiger partial charge in [-0.15, -0.1) is 0 Å². The number of guanidine groups is 1. The summed E-state index contributed by atoms with van der Waals surface area (Å²) < 4.78 is 5.70. The molecule has 5 nitrogen and oxygen atoms in total. The Kier molecular flexibility index (Phi) is 7.12. The number of rotatable bonds is 7. The standard InChI is InChI=1S/C20H32N4O/c1-2-21-20(22-15-18-11-8-14-25-18)23-16-19(24-12-6-7-13-24)17-9-4-3-5-10-17/h3-5,9-10,18-19H,2,6-8,11-16H2,1H3,(H2,21,22,23). The van der Waals surface area contributed by atoms with E-state index in [4.69, 9.17) is 9.73 Å². The molecule has 0 spiro atoms. The second-order valence-electron chi connectivity index (χ2n) is 6.91. The van der Waals surface area contributed by atoms with E-state index in [0.29, 0.717) is 12.1 Å². The largest absolute Gasteiger partial charge is 0.376 e. The summed E-state index contributed by atoms with van der Waals surface area (Å²) in [5.41, 5.74) is 1.36. The van der Waals surface area contributed by atoms with Crippen molar-refractivity contribution in [2.24, 2.45) is 4.99 Å². The molecule has 25 heavy (non-hydrogen) atoms. The lowest BCUT2D eigenvalue weighted by Crippen LogP contribution is -2.41. The highest BCUT2D eigenvalue weighted by Gasteiger charge is 2.23. The molecular weight excluding hydrogens is 312 g/mol. The quantitative estimate of drug-likeness (QED) is 0.590. The van der Waals surface area contributed by atoms with Crippen molar-refractivity contribution in [3.8, 4) is 0 Å². The molecule has 2 unspecified atom stereocenters. The third-order valence-corrected chi connectivity index (χ3v) is 5.05. The van der Waals surface area contributed by atoms with Crippen LogP contribution in [0.3, 0.4) is 0 Å². The van der Waals surface area contributed by atoms with Gasteiger partial charge in [0.1, 0.15) is 0 Å². The summed E-state index contributed by atoms with van der Waals surface area (Å²) in [6.07, 6.45) is 5.24. The van der Waals surface area contributed by atoms with Gasteiger partial charge in [-0.25, -0.2) is 0 Å². The van der Waals surface area contributed by atoms with E-state index in [0.717, 1.165) is 38.6 Å². The van der Waals surface area contributed by atoms with E-state index in [1.54, 1.807) is 0 Å². The molecule has 0 aliphatic carbocycles. The average molecular weight is 345 g/mol. The molecule has 2 heterocycles. The molecule has 0 radical (unpaired) electrons. The number of likely N-dealkylation sites (tertiary alicyclic amines) is 1. The van der Waals surface area contributed by atoms with E-state index in [1.165, 1.54) is 37.9 Å². The lowest BCUT2D eigenvalue weighted by atomic mass is 10.1. The molecule has 5 heteroatoms. The van der Waals surface area contributed by atoms with Crippen LogP contribution in [0.15, 0.2) is 35.3 Å². The summed E-state index contributed by atoms with van der Waals surface area (Å²) in [6, 6.07) is 11.2. The highest BCUT2D eigenvalue weighted by molar-refractivity contribution is 5.79. The molecule has 2 atom stereocenters. The molecule has 2 N–H and O–H groups in total. The highest BCUT2D eigenvalue weighted by atomic mass is 16.5. The first-order valence-corrected chi connectivity index (χ1v) is 9.79. The molecule has 0 aromatic heterocycles. The summed E-state index contributed by atoms with van der Waals surface area (Å²) in [5.74, 6) is 0.901. The number of hydrogen-bond acceptors (Lipinski definition) is 3. The predicted octanol–water partition coefficient (Wildman–Crippen LogP) is 2.56. The predicted molar refractivity (Wildman–Crippen MR) is 103 cm³/mol. The Morgan fingerprint density at radius 2 is 2.00 bits per heavy atom. The van der Waals surface area contributed by atoms with Crippen LogP contribution in [0.1, 0.15) is 44.2 Å². The Morgan fingerprint density at radius 1 is 1.20 bits per heavy atom. The monoisotopic (exact) mass is 344 g/mol. The van der Waals surface area contributed by atoms with E-state index >= 15 is 0 Å². The third kappa shape index (κ3) is 5.44. The molecule has 0 amide bonds.